The topological polar surface area (TPSA) is 24.5 Å². The minimum atomic E-state index is 0.813. The zero-order chi connectivity index (χ0) is 14.5. The van der Waals surface area contributed by atoms with Gasteiger partial charge in [0.15, 0.2) is 0 Å². The normalized spacial score (nSPS) is 11.2. The Bertz CT molecular complexity index is 312. The lowest BCUT2D eigenvalue weighted by Crippen LogP contribution is -2.33. The number of benzene rings is 1. The van der Waals surface area contributed by atoms with Crippen molar-refractivity contribution in [2.24, 2.45) is 0 Å². The summed E-state index contributed by atoms with van der Waals surface area (Å²) in [6.45, 7) is 11.5. The van der Waals surface area contributed by atoms with Crippen LogP contribution in [0, 0.1) is 0 Å². The van der Waals surface area contributed by atoms with Crippen molar-refractivity contribution in [2.75, 3.05) is 45.9 Å². The van der Waals surface area contributed by atoms with Gasteiger partial charge in [-0.05, 0) is 31.5 Å². The lowest BCUT2D eigenvalue weighted by molar-refractivity contribution is 0.133. The van der Waals surface area contributed by atoms with Gasteiger partial charge in [-0.2, -0.15) is 0 Å². The van der Waals surface area contributed by atoms with Gasteiger partial charge in [-0.25, -0.2) is 0 Å². The summed E-state index contributed by atoms with van der Waals surface area (Å²) < 4.78 is 5.64. The minimum Gasteiger partial charge on any atom is -0.380 e. The first-order chi connectivity index (χ1) is 9.86. The van der Waals surface area contributed by atoms with E-state index in [1.54, 1.807) is 0 Å². The average molecular weight is 278 g/mol. The van der Waals surface area contributed by atoms with E-state index in [0.29, 0.717) is 0 Å². The summed E-state index contributed by atoms with van der Waals surface area (Å²) in [5.41, 5.74) is 1.40. The van der Waals surface area contributed by atoms with E-state index in [0.717, 1.165) is 58.8 Å². The van der Waals surface area contributed by atoms with E-state index in [9.17, 15) is 0 Å². The van der Waals surface area contributed by atoms with E-state index in [4.69, 9.17) is 4.74 Å². The highest BCUT2D eigenvalue weighted by Crippen LogP contribution is 2.02. The zero-order valence-electron chi connectivity index (χ0n) is 13.1. The van der Waals surface area contributed by atoms with Gasteiger partial charge >= 0.3 is 0 Å². The molecule has 0 amide bonds. The maximum absolute atomic E-state index is 5.64. The highest BCUT2D eigenvalue weighted by Gasteiger charge is 1.97. The Morgan fingerprint density at radius 1 is 1.00 bits per heavy atom. The van der Waals surface area contributed by atoms with Crippen LogP contribution in [0.4, 0.5) is 0 Å². The van der Waals surface area contributed by atoms with Crippen LogP contribution in [-0.4, -0.2) is 50.8 Å². The summed E-state index contributed by atoms with van der Waals surface area (Å²) in [6.07, 6.45) is 2.21. The summed E-state index contributed by atoms with van der Waals surface area (Å²) in [5, 5.41) is 3.43. The third-order valence-electron chi connectivity index (χ3n) is 3.52. The van der Waals surface area contributed by atoms with Crippen molar-refractivity contribution in [3.63, 3.8) is 0 Å². The first kappa shape index (κ1) is 17.2. The predicted molar refractivity (Wildman–Crippen MR) is 86.2 cm³/mol. The van der Waals surface area contributed by atoms with E-state index in [1.807, 2.05) is 0 Å². The zero-order valence-corrected chi connectivity index (χ0v) is 13.1. The van der Waals surface area contributed by atoms with Gasteiger partial charge in [0.05, 0.1) is 6.61 Å². The van der Waals surface area contributed by atoms with Crippen LogP contribution in [0.5, 0.6) is 0 Å². The molecule has 0 saturated heterocycles. The van der Waals surface area contributed by atoms with Crippen molar-refractivity contribution in [3.8, 4) is 0 Å². The first-order valence-electron chi connectivity index (χ1n) is 7.91. The summed E-state index contributed by atoms with van der Waals surface area (Å²) in [4.78, 5) is 2.42. The number of hydrogen-bond acceptors (Lipinski definition) is 3. The van der Waals surface area contributed by atoms with E-state index >= 15 is 0 Å². The molecule has 0 fully saturated rings. The average Bonchev–Trinajstić information content (AvgIpc) is 2.50. The van der Waals surface area contributed by atoms with E-state index < -0.39 is 0 Å². The smallest absolute Gasteiger partial charge is 0.0590 e. The van der Waals surface area contributed by atoms with Crippen molar-refractivity contribution in [1.29, 1.82) is 0 Å². The van der Waals surface area contributed by atoms with Gasteiger partial charge in [0, 0.05) is 26.2 Å². The molecule has 0 aliphatic rings. The Morgan fingerprint density at radius 3 is 2.45 bits per heavy atom. The molecule has 3 heteroatoms. The summed E-state index contributed by atoms with van der Waals surface area (Å²) in [7, 11) is 0. The number of nitrogens with zero attached hydrogens (tertiary/aromatic N) is 1. The lowest BCUT2D eigenvalue weighted by atomic mass is 10.1. The Labute approximate surface area is 124 Å². The van der Waals surface area contributed by atoms with Crippen LogP contribution >= 0.6 is 0 Å². The van der Waals surface area contributed by atoms with Crippen molar-refractivity contribution >= 4 is 0 Å². The molecule has 0 saturated carbocycles. The minimum absolute atomic E-state index is 0.813. The van der Waals surface area contributed by atoms with Crippen LogP contribution in [0.1, 0.15) is 25.8 Å². The quantitative estimate of drug-likeness (QED) is 0.595. The summed E-state index contributed by atoms with van der Waals surface area (Å²) in [6, 6.07) is 10.6. The van der Waals surface area contributed by atoms with Crippen LogP contribution in [-0.2, 0) is 11.2 Å². The molecule has 0 aromatic heterocycles. The second-order valence-corrected chi connectivity index (χ2v) is 4.98. The molecule has 20 heavy (non-hydrogen) atoms. The van der Waals surface area contributed by atoms with Gasteiger partial charge in [-0.1, -0.05) is 44.2 Å². The number of aryl methyl sites for hydroxylation is 1. The van der Waals surface area contributed by atoms with Gasteiger partial charge in [-0.15, -0.1) is 0 Å². The Balaban J connectivity index is 1.85. The van der Waals surface area contributed by atoms with Crippen molar-refractivity contribution < 1.29 is 4.74 Å². The Kier molecular flexibility index (Phi) is 10.2. The fourth-order valence-electron chi connectivity index (χ4n) is 2.17. The molecule has 114 valence electrons. The van der Waals surface area contributed by atoms with Crippen LogP contribution in [0.25, 0.3) is 0 Å². The largest absolute Gasteiger partial charge is 0.380 e. The molecular weight excluding hydrogens is 248 g/mol. The summed E-state index contributed by atoms with van der Waals surface area (Å²) >= 11 is 0. The molecule has 0 atom stereocenters. The van der Waals surface area contributed by atoms with Gasteiger partial charge in [0.1, 0.15) is 0 Å². The predicted octanol–water partition coefficient (Wildman–Crippen LogP) is 2.57. The maximum atomic E-state index is 5.64. The van der Waals surface area contributed by atoms with Crippen molar-refractivity contribution in [1.82, 2.24) is 10.2 Å². The van der Waals surface area contributed by atoms with Crippen LogP contribution in [0.3, 0.4) is 0 Å². The fraction of sp³-hybridized carbons (Fsp3) is 0.647. The molecule has 0 radical (unpaired) electrons. The highest BCUT2D eigenvalue weighted by atomic mass is 16.5. The SMILES string of the molecule is CCN(CC)CCNCCOCCCc1ccccc1. The number of nitrogens with one attached hydrogen (secondary N) is 1. The molecule has 0 aliphatic heterocycles. The summed E-state index contributed by atoms with van der Waals surface area (Å²) in [5.74, 6) is 0. The molecule has 0 heterocycles. The standard InChI is InChI=1S/C17H30N2O/c1-3-19(4-2)14-12-18-13-16-20-15-8-11-17-9-6-5-7-10-17/h5-7,9-10,18H,3-4,8,11-16H2,1-2H3. The lowest BCUT2D eigenvalue weighted by Gasteiger charge is -2.17. The molecule has 1 N–H and O–H groups in total. The van der Waals surface area contributed by atoms with Gasteiger partial charge in [0.2, 0.25) is 0 Å². The monoisotopic (exact) mass is 278 g/mol. The molecule has 1 aromatic carbocycles. The van der Waals surface area contributed by atoms with E-state index in [2.05, 4.69) is 54.4 Å². The van der Waals surface area contributed by atoms with Gasteiger partial charge in [0.25, 0.3) is 0 Å². The van der Waals surface area contributed by atoms with Crippen molar-refractivity contribution in [3.05, 3.63) is 35.9 Å². The number of ether oxygens (including phenoxy) is 1. The molecule has 3 nitrogen and oxygen atoms in total. The van der Waals surface area contributed by atoms with Crippen molar-refractivity contribution in [2.45, 2.75) is 26.7 Å². The Morgan fingerprint density at radius 2 is 1.75 bits per heavy atom. The van der Waals surface area contributed by atoms with Crippen LogP contribution in [0.15, 0.2) is 30.3 Å². The molecule has 0 spiro atoms. The van der Waals surface area contributed by atoms with E-state index in [-0.39, 0.29) is 0 Å². The fourth-order valence-corrected chi connectivity index (χ4v) is 2.17. The highest BCUT2D eigenvalue weighted by molar-refractivity contribution is 5.14. The number of rotatable bonds is 12. The van der Waals surface area contributed by atoms with E-state index in [1.165, 1.54) is 5.56 Å². The maximum Gasteiger partial charge on any atom is 0.0590 e. The third-order valence-corrected chi connectivity index (χ3v) is 3.52. The molecule has 1 aromatic rings. The first-order valence-corrected chi connectivity index (χ1v) is 7.91. The number of likely N-dealkylation sites (N-methyl/N-ethyl adjacent to an activating group) is 1. The van der Waals surface area contributed by atoms with Crippen LogP contribution in [0.2, 0.25) is 0 Å². The molecule has 0 bridgehead atoms. The second-order valence-electron chi connectivity index (χ2n) is 4.98. The van der Waals surface area contributed by atoms with Crippen LogP contribution < -0.4 is 5.32 Å². The van der Waals surface area contributed by atoms with Gasteiger partial charge < -0.3 is 15.0 Å². The molecule has 0 unspecified atom stereocenters. The Hall–Kier alpha value is -0.900. The number of hydrogen-bond donors (Lipinski definition) is 1. The molecule has 1 rings (SSSR count). The molecular formula is C17H30N2O. The molecule has 0 aliphatic carbocycles. The third kappa shape index (κ3) is 8.31. The second kappa shape index (κ2) is 11.9. The van der Waals surface area contributed by atoms with Gasteiger partial charge in [-0.3, -0.25) is 0 Å².